The molecule has 0 aromatic carbocycles. The maximum Gasteiger partial charge on any atom is 0.456 e. The average molecular weight is 411 g/mol. The molecule has 0 bridgehead atoms. The van der Waals surface area contributed by atoms with Crippen molar-refractivity contribution in [1.82, 2.24) is 9.97 Å². The summed E-state index contributed by atoms with van der Waals surface area (Å²) in [4.78, 5) is 7.62. The van der Waals surface area contributed by atoms with Gasteiger partial charge in [-0.05, 0) is 24.3 Å². The summed E-state index contributed by atoms with van der Waals surface area (Å²) >= 11 is 0. The normalized spacial score (nSPS) is 12.8. The van der Waals surface area contributed by atoms with Gasteiger partial charge in [-0.3, -0.25) is 4.98 Å². The Morgan fingerprint density at radius 3 is 2.30 bits per heavy atom. The van der Waals surface area contributed by atoms with E-state index in [9.17, 15) is 30.4 Å². The van der Waals surface area contributed by atoms with E-state index >= 15 is 0 Å². The van der Waals surface area contributed by atoms with Crippen molar-refractivity contribution in [2.75, 3.05) is 18.1 Å². The van der Waals surface area contributed by atoms with E-state index in [1.54, 1.807) is 0 Å². The third kappa shape index (κ3) is 4.62. The van der Waals surface area contributed by atoms with Crippen molar-refractivity contribution < 1.29 is 35.1 Å². The van der Waals surface area contributed by atoms with Gasteiger partial charge in [0.15, 0.2) is 16.4 Å². The molecule has 27 heavy (non-hydrogen) atoms. The van der Waals surface area contributed by atoms with Crippen molar-refractivity contribution >= 4 is 15.7 Å². The summed E-state index contributed by atoms with van der Waals surface area (Å²) in [5, 5.41) is 0. The van der Waals surface area contributed by atoms with Gasteiger partial charge in [-0.15, -0.1) is 0 Å². The first-order chi connectivity index (χ1) is 12.4. The molecule has 0 unspecified atom stereocenters. The van der Waals surface area contributed by atoms with Crippen molar-refractivity contribution in [3.05, 3.63) is 30.5 Å². The van der Waals surface area contributed by atoms with Crippen molar-refractivity contribution in [2.24, 2.45) is 0 Å². The van der Waals surface area contributed by atoms with Crippen molar-refractivity contribution in [3.8, 4) is 17.1 Å². The topological polar surface area (TPSA) is 95.2 Å². The van der Waals surface area contributed by atoms with Crippen molar-refractivity contribution in [1.29, 1.82) is 0 Å². The molecule has 0 amide bonds. The summed E-state index contributed by atoms with van der Waals surface area (Å²) in [6.07, 6.45) is -4.86. The third-order valence-electron chi connectivity index (χ3n) is 3.41. The Hall–Kier alpha value is -2.50. The Morgan fingerprint density at radius 1 is 1.11 bits per heavy atom. The van der Waals surface area contributed by atoms with Gasteiger partial charge in [-0.1, -0.05) is 6.92 Å². The van der Waals surface area contributed by atoms with Crippen LogP contribution in [0.25, 0.3) is 11.4 Å². The van der Waals surface area contributed by atoms with Gasteiger partial charge in [0.1, 0.15) is 17.3 Å². The zero-order valence-corrected chi connectivity index (χ0v) is 14.6. The molecule has 2 aromatic rings. The SMILES string of the molecule is CCS(=O)(=O)c1ccc(N)nc1-c1ccc(OCC(F)(F)C(F)(F)F)cn1. The van der Waals surface area contributed by atoms with E-state index in [4.69, 9.17) is 5.73 Å². The molecule has 0 aliphatic rings. The molecule has 0 atom stereocenters. The summed E-state index contributed by atoms with van der Waals surface area (Å²) in [7, 11) is -3.66. The summed E-state index contributed by atoms with van der Waals surface area (Å²) < 4.78 is 90.9. The zero-order valence-electron chi connectivity index (χ0n) is 13.8. The van der Waals surface area contributed by atoms with Crippen LogP contribution in [0.2, 0.25) is 0 Å². The number of nitrogens with two attached hydrogens (primary N) is 1. The summed E-state index contributed by atoms with van der Waals surface area (Å²) in [6, 6.07) is 4.80. The molecular formula is C15H14F5N3O3S. The minimum Gasteiger partial charge on any atom is -0.485 e. The lowest BCUT2D eigenvalue weighted by atomic mass is 10.2. The van der Waals surface area contributed by atoms with E-state index in [2.05, 4.69) is 14.7 Å². The monoisotopic (exact) mass is 411 g/mol. The summed E-state index contributed by atoms with van der Waals surface area (Å²) in [6.45, 7) is -0.482. The van der Waals surface area contributed by atoms with Gasteiger partial charge in [0.05, 0.1) is 22.5 Å². The number of sulfone groups is 1. The second kappa shape index (κ2) is 7.25. The number of alkyl halides is 5. The zero-order chi connectivity index (χ0) is 20.5. The van der Waals surface area contributed by atoms with E-state index in [-0.39, 0.29) is 33.6 Å². The first-order valence-electron chi connectivity index (χ1n) is 7.40. The molecule has 0 saturated heterocycles. The second-order valence-electron chi connectivity index (χ2n) is 5.36. The van der Waals surface area contributed by atoms with Crippen LogP contribution in [0.4, 0.5) is 27.8 Å². The van der Waals surface area contributed by atoms with Gasteiger partial charge in [-0.2, -0.15) is 22.0 Å². The van der Waals surface area contributed by atoms with Crippen LogP contribution in [-0.4, -0.2) is 42.8 Å². The fourth-order valence-corrected chi connectivity index (χ4v) is 2.94. The van der Waals surface area contributed by atoms with E-state index in [0.29, 0.717) is 0 Å². The van der Waals surface area contributed by atoms with Gasteiger partial charge in [-0.25, -0.2) is 13.4 Å². The smallest absolute Gasteiger partial charge is 0.456 e. The summed E-state index contributed by atoms with van der Waals surface area (Å²) in [5.74, 6) is -5.57. The number of ether oxygens (including phenoxy) is 1. The van der Waals surface area contributed by atoms with E-state index < -0.39 is 28.5 Å². The largest absolute Gasteiger partial charge is 0.485 e. The van der Waals surface area contributed by atoms with E-state index in [0.717, 1.165) is 12.3 Å². The van der Waals surface area contributed by atoms with E-state index in [1.165, 1.54) is 25.1 Å². The lowest BCUT2D eigenvalue weighted by molar-refractivity contribution is -0.290. The quantitative estimate of drug-likeness (QED) is 0.734. The highest BCUT2D eigenvalue weighted by Crippen LogP contribution is 2.36. The molecule has 2 rings (SSSR count). The van der Waals surface area contributed by atoms with Crippen molar-refractivity contribution in [2.45, 2.75) is 23.9 Å². The highest BCUT2D eigenvalue weighted by molar-refractivity contribution is 7.91. The molecule has 0 aliphatic carbocycles. The average Bonchev–Trinajstić information content (AvgIpc) is 2.59. The van der Waals surface area contributed by atoms with Crippen LogP contribution >= 0.6 is 0 Å². The highest BCUT2D eigenvalue weighted by Gasteiger charge is 2.58. The molecule has 0 saturated carbocycles. The molecule has 2 N–H and O–H groups in total. The molecule has 0 fully saturated rings. The summed E-state index contributed by atoms with van der Waals surface area (Å²) in [5.41, 5.74) is 5.53. The Kier molecular flexibility index (Phi) is 5.59. The Bertz CT molecular complexity index is 915. The van der Waals surface area contributed by atoms with Gasteiger partial charge in [0.25, 0.3) is 0 Å². The predicted molar refractivity (Wildman–Crippen MR) is 86.1 cm³/mol. The van der Waals surface area contributed by atoms with Gasteiger partial charge >= 0.3 is 12.1 Å². The standard InChI is InChI=1S/C15H14F5N3O3S/c1-2-27(24,25)11-5-6-12(21)23-13(11)10-4-3-9(7-22-10)26-8-14(16,17)15(18,19)20/h3-7H,2,8H2,1H3,(H2,21,23). The number of nitrogen functional groups attached to an aromatic ring is 1. The van der Waals surface area contributed by atoms with Crippen LogP contribution < -0.4 is 10.5 Å². The van der Waals surface area contributed by atoms with Crippen LogP contribution in [0.1, 0.15) is 6.92 Å². The predicted octanol–water partition coefficient (Wildman–Crippen LogP) is 3.10. The van der Waals surface area contributed by atoms with Crippen LogP contribution in [0.5, 0.6) is 5.75 Å². The maximum atomic E-state index is 12.9. The molecule has 0 aliphatic heterocycles. The van der Waals surface area contributed by atoms with E-state index in [1.807, 2.05) is 0 Å². The van der Waals surface area contributed by atoms with Crippen LogP contribution in [0, 0.1) is 0 Å². The molecule has 6 nitrogen and oxygen atoms in total. The minimum absolute atomic E-state index is 0.0204. The molecule has 0 spiro atoms. The van der Waals surface area contributed by atoms with Crippen LogP contribution in [0.15, 0.2) is 35.4 Å². The number of rotatable bonds is 6. The lowest BCUT2D eigenvalue weighted by Crippen LogP contribution is -2.41. The fourth-order valence-electron chi connectivity index (χ4n) is 1.91. The minimum atomic E-state index is -5.74. The van der Waals surface area contributed by atoms with Crippen molar-refractivity contribution in [3.63, 3.8) is 0 Å². The second-order valence-corrected chi connectivity index (χ2v) is 7.60. The number of nitrogens with zero attached hydrogens (tertiary/aromatic N) is 2. The molecule has 148 valence electrons. The third-order valence-corrected chi connectivity index (χ3v) is 5.17. The van der Waals surface area contributed by atoms with Gasteiger partial charge in [0.2, 0.25) is 0 Å². The molecule has 2 heterocycles. The number of anilines is 1. The van der Waals surface area contributed by atoms with Gasteiger partial charge < -0.3 is 10.5 Å². The van der Waals surface area contributed by atoms with Gasteiger partial charge in [0, 0.05) is 0 Å². The number of pyridine rings is 2. The van der Waals surface area contributed by atoms with Crippen LogP contribution in [0.3, 0.4) is 0 Å². The molecule has 2 aromatic heterocycles. The highest BCUT2D eigenvalue weighted by atomic mass is 32.2. The number of halogens is 5. The molecular weight excluding hydrogens is 397 g/mol. The molecule has 0 radical (unpaired) electrons. The first kappa shape index (κ1) is 20.8. The first-order valence-corrected chi connectivity index (χ1v) is 9.05. The Morgan fingerprint density at radius 2 is 1.78 bits per heavy atom. The fraction of sp³-hybridized carbons (Fsp3) is 0.333. The Balaban J connectivity index is 2.30. The number of aromatic nitrogens is 2. The molecule has 12 heteroatoms. The maximum absolute atomic E-state index is 12.9. The number of hydrogen-bond donors (Lipinski definition) is 1. The number of hydrogen-bond acceptors (Lipinski definition) is 6. The Labute approximate surface area is 151 Å². The lowest BCUT2D eigenvalue weighted by Gasteiger charge is -2.19. The van der Waals surface area contributed by atoms with Crippen LogP contribution in [-0.2, 0) is 9.84 Å².